The molecule has 0 saturated carbocycles. The van der Waals surface area contributed by atoms with Gasteiger partial charge in [-0.2, -0.15) is 0 Å². The van der Waals surface area contributed by atoms with Crippen LogP contribution in [0.4, 0.5) is 8.78 Å². The van der Waals surface area contributed by atoms with Crippen LogP contribution in [0.15, 0.2) is 6.20 Å². The minimum absolute atomic E-state index is 0.0854. The van der Waals surface area contributed by atoms with Crippen LogP contribution in [0.2, 0.25) is 0 Å². The van der Waals surface area contributed by atoms with Gasteiger partial charge in [-0.25, -0.2) is 18.6 Å². The molecule has 1 atom stereocenters. The fraction of sp³-hybridized carbons (Fsp3) is 0.429. The molecule has 1 rings (SSSR count). The highest BCUT2D eigenvalue weighted by Crippen LogP contribution is 2.25. The summed E-state index contributed by atoms with van der Waals surface area (Å²) in [5.41, 5.74) is 0. The van der Waals surface area contributed by atoms with E-state index < -0.39 is 18.5 Å². The Labute approximate surface area is 82.2 Å². The lowest BCUT2D eigenvalue weighted by molar-refractivity contribution is -0.00588. The lowest BCUT2D eigenvalue weighted by Gasteiger charge is -2.03. The third-order valence-corrected chi connectivity index (χ3v) is 2.45. The van der Waals surface area contributed by atoms with Crippen molar-refractivity contribution >= 4 is 17.3 Å². The zero-order valence-electron chi connectivity index (χ0n) is 7.11. The molecule has 0 aromatic carbocycles. The highest BCUT2D eigenvalue weighted by Gasteiger charge is 2.23. The second kappa shape index (κ2) is 4.43. The van der Waals surface area contributed by atoms with Crippen molar-refractivity contribution in [3.8, 4) is 0 Å². The molecular formula is C7H7F2NO3S. The average Bonchev–Trinajstić information content (AvgIpc) is 2.64. The molecule has 78 valence electrons. The van der Waals surface area contributed by atoms with Crippen molar-refractivity contribution in [3.63, 3.8) is 0 Å². The van der Waals surface area contributed by atoms with Gasteiger partial charge in [-0.1, -0.05) is 0 Å². The minimum atomic E-state index is -2.91. The molecule has 0 fully saturated rings. The lowest BCUT2D eigenvalue weighted by Crippen LogP contribution is -2.07. The molecule has 1 N–H and O–H groups in total. The van der Waals surface area contributed by atoms with Gasteiger partial charge in [0.1, 0.15) is 9.88 Å². The van der Waals surface area contributed by atoms with Crippen LogP contribution >= 0.6 is 11.3 Å². The number of ether oxygens (including phenoxy) is 1. The molecule has 1 aromatic rings. The van der Waals surface area contributed by atoms with Crippen molar-refractivity contribution in [1.29, 1.82) is 0 Å². The quantitative estimate of drug-likeness (QED) is 0.783. The Kier molecular flexibility index (Phi) is 3.48. The SMILES string of the molecule is COC(=O)c1cnc(C(O)C(F)F)s1. The van der Waals surface area contributed by atoms with E-state index in [1.54, 1.807) is 0 Å². The normalized spacial score (nSPS) is 12.9. The van der Waals surface area contributed by atoms with E-state index in [4.69, 9.17) is 5.11 Å². The Morgan fingerprint density at radius 3 is 2.86 bits per heavy atom. The number of nitrogens with zero attached hydrogens (tertiary/aromatic N) is 1. The third kappa shape index (κ3) is 2.24. The van der Waals surface area contributed by atoms with Gasteiger partial charge in [-0.3, -0.25) is 0 Å². The second-order valence-corrected chi connectivity index (χ2v) is 3.40. The van der Waals surface area contributed by atoms with E-state index >= 15 is 0 Å². The molecule has 0 aliphatic rings. The monoisotopic (exact) mass is 223 g/mol. The van der Waals surface area contributed by atoms with Gasteiger partial charge in [-0.15, -0.1) is 11.3 Å². The first-order valence-electron chi connectivity index (χ1n) is 3.56. The van der Waals surface area contributed by atoms with Gasteiger partial charge in [0.05, 0.1) is 13.3 Å². The van der Waals surface area contributed by atoms with E-state index in [0.29, 0.717) is 11.3 Å². The van der Waals surface area contributed by atoms with E-state index in [1.165, 1.54) is 7.11 Å². The molecular weight excluding hydrogens is 216 g/mol. The van der Waals surface area contributed by atoms with Crippen molar-refractivity contribution < 1.29 is 23.4 Å². The highest BCUT2D eigenvalue weighted by molar-refractivity contribution is 7.13. The maximum Gasteiger partial charge on any atom is 0.349 e. The summed E-state index contributed by atoms with van der Waals surface area (Å²) in [6, 6.07) is 0. The van der Waals surface area contributed by atoms with Crippen LogP contribution in [0.25, 0.3) is 0 Å². The number of methoxy groups -OCH3 is 1. The zero-order valence-corrected chi connectivity index (χ0v) is 7.92. The number of hydrogen-bond acceptors (Lipinski definition) is 5. The number of carbonyl (C=O) groups is 1. The number of aliphatic hydroxyl groups is 1. The van der Waals surface area contributed by atoms with E-state index in [0.717, 1.165) is 6.20 Å². The van der Waals surface area contributed by atoms with Gasteiger partial charge < -0.3 is 9.84 Å². The molecule has 0 saturated heterocycles. The smallest absolute Gasteiger partial charge is 0.349 e. The summed E-state index contributed by atoms with van der Waals surface area (Å²) in [5, 5.41) is 8.72. The molecule has 0 aliphatic heterocycles. The molecule has 14 heavy (non-hydrogen) atoms. The Morgan fingerprint density at radius 1 is 1.71 bits per heavy atom. The highest BCUT2D eigenvalue weighted by atomic mass is 32.1. The predicted molar refractivity (Wildman–Crippen MR) is 44.4 cm³/mol. The maximum atomic E-state index is 12.0. The van der Waals surface area contributed by atoms with Crippen LogP contribution in [0.3, 0.4) is 0 Å². The Hall–Kier alpha value is -1.08. The van der Waals surface area contributed by atoms with E-state index in [2.05, 4.69) is 9.72 Å². The van der Waals surface area contributed by atoms with Crippen LogP contribution in [-0.2, 0) is 4.74 Å². The molecule has 0 radical (unpaired) electrons. The topological polar surface area (TPSA) is 59.4 Å². The van der Waals surface area contributed by atoms with Crippen molar-refractivity contribution in [1.82, 2.24) is 4.98 Å². The number of carbonyl (C=O) groups excluding carboxylic acids is 1. The molecule has 1 heterocycles. The standard InChI is InChI=1S/C7H7F2NO3S/c1-13-7(12)3-2-10-6(14-3)4(11)5(8)9/h2,4-5,11H,1H3. The minimum Gasteiger partial charge on any atom is -0.465 e. The summed E-state index contributed by atoms with van der Waals surface area (Å²) in [4.78, 5) is 14.5. The predicted octanol–water partition coefficient (Wildman–Crippen LogP) is 1.23. The summed E-state index contributed by atoms with van der Waals surface area (Å²) in [6.45, 7) is 0. The van der Waals surface area contributed by atoms with E-state index in [9.17, 15) is 13.6 Å². The van der Waals surface area contributed by atoms with Crippen molar-refractivity contribution in [2.24, 2.45) is 0 Å². The number of rotatable bonds is 3. The Morgan fingerprint density at radius 2 is 2.36 bits per heavy atom. The third-order valence-electron chi connectivity index (χ3n) is 1.40. The number of hydrogen-bond donors (Lipinski definition) is 1. The second-order valence-electron chi connectivity index (χ2n) is 2.33. The molecule has 0 aliphatic carbocycles. The number of thiazole rings is 1. The molecule has 0 amide bonds. The lowest BCUT2D eigenvalue weighted by atomic mass is 10.4. The van der Waals surface area contributed by atoms with Crippen LogP contribution in [0.5, 0.6) is 0 Å². The first kappa shape index (κ1) is 11.0. The first-order chi connectivity index (χ1) is 6.56. The number of alkyl halides is 2. The van der Waals surface area contributed by atoms with Crippen LogP contribution in [0, 0.1) is 0 Å². The summed E-state index contributed by atoms with van der Waals surface area (Å²) in [5.74, 6) is -0.657. The van der Waals surface area contributed by atoms with Gasteiger partial charge >= 0.3 is 5.97 Å². The number of aromatic nitrogens is 1. The fourth-order valence-corrected chi connectivity index (χ4v) is 1.55. The Bertz CT molecular complexity index is 328. The number of aliphatic hydroxyl groups excluding tert-OH is 1. The van der Waals surface area contributed by atoms with Crippen LogP contribution < -0.4 is 0 Å². The van der Waals surface area contributed by atoms with Gasteiger partial charge in [0, 0.05) is 0 Å². The molecule has 1 unspecified atom stereocenters. The van der Waals surface area contributed by atoms with Crippen LogP contribution in [0.1, 0.15) is 20.8 Å². The van der Waals surface area contributed by atoms with Crippen molar-refractivity contribution in [2.75, 3.05) is 7.11 Å². The largest absolute Gasteiger partial charge is 0.465 e. The fourth-order valence-electron chi connectivity index (χ4n) is 0.727. The first-order valence-corrected chi connectivity index (χ1v) is 4.38. The van der Waals surface area contributed by atoms with E-state index in [-0.39, 0.29) is 9.88 Å². The Balaban J connectivity index is 2.82. The van der Waals surface area contributed by atoms with Crippen molar-refractivity contribution in [3.05, 3.63) is 16.1 Å². The maximum absolute atomic E-state index is 12.0. The van der Waals surface area contributed by atoms with Gasteiger partial charge in [-0.05, 0) is 0 Å². The molecule has 0 bridgehead atoms. The van der Waals surface area contributed by atoms with Gasteiger partial charge in [0.15, 0.2) is 6.10 Å². The molecule has 4 nitrogen and oxygen atoms in total. The molecule has 7 heteroatoms. The average molecular weight is 223 g/mol. The number of halogens is 2. The summed E-state index contributed by atoms with van der Waals surface area (Å²) in [6.07, 6.45) is -3.76. The van der Waals surface area contributed by atoms with Crippen molar-refractivity contribution in [2.45, 2.75) is 12.5 Å². The van der Waals surface area contributed by atoms with Gasteiger partial charge in [0.2, 0.25) is 0 Å². The summed E-state index contributed by atoms with van der Waals surface area (Å²) >= 11 is 0.686. The molecule has 0 spiro atoms. The van der Waals surface area contributed by atoms with Crippen LogP contribution in [-0.4, -0.2) is 29.6 Å². The van der Waals surface area contributed by atoms with Gasteiger partial charge in [0.25, 0.3) is 6.43 Å². The summed E-state index contributed by atoms with van der Waals surface area (Å²) < 4.78 is 28.4. The summed E-state index contributed by atoms with van der Waals surface area (Å²) in [7, 11) is 1.17. The molecule has 1 aromatic heterocycles. The zero-order chi connectivity index (χ0) is 10.7. The number of esters is 1. The van der Waals surface area contributed by atoms with E-state index in [1.807, 2.05) is 0 Å².